The van der Waals surface area contributed by atoms with E-state index in [1.54, 1.807) is 11.3 Å². The van der Waals surface area contributed by atoms with E-state index >= 15 is 0 Å². The monoisotopic (exact) mass is 299 g/mol. The van der Waals surface area contributed by atoms with Gasteiger partial charge in [0.05, 0.1) is 5.39 Å². The minimum atomic E-state index is 0. The number of nitrogens with zero attached hydrogens (tertiary/aromatic N) is 3. The zero-order chi connectivity index (χ0) is 12.5. The number of nitrogens with one attached hydrogen (secondary N) is 2. The number of anilines is 2. The second-order valence-corrected chi connectivity index (χ2v) is 5.32. The van der Waals surface area contributed by atoms with Gasteiger partial charge >= 0.3 is 0 Å². The van der Waals surface area contributed by atoms with Crippen molar-refractivity contribution in [2.75, 3.05) is 43.4 Å². The number of thiophene rings is 1. The lowest BCUT2D eigenvalue weighted by atomic mass is 10.2. The predicted molar refractivity (Wildman–Crippen MR) is 84.0 cm³/mol. The van der Waals surface area contributed by atoms with Crippen LogP contribution in [0.5, 0.6) is 0 Å². The Morgan fingerprint density at radius 3 is 2.74 bits per heavy atom. The van der Waals surface area contributed by atoms with Gasteiger partial charge in [-0.15, -0.1) is 23.7 Å². The molecule has 0 spiro atoms. The molecule has 0 radical (unpaired) electrons. The molecule has 1 aliphatic rings. The summed E-state index contributed by atoms with van der Waals surface area (Å²) in [6, 6.07) is 0. The molecule has 2 aromatic heterocycles. The Bertz CT molecular complexity index is 564. The van der Waals surface area contributed by atoms with E-state index < -0.39 is 0 Å². The van der Waals surface area contributed by atoms with Crippen LogP contribution in [0.1, 0.15) is 5.56 Å². The highest BCUT2D eigenvalue weighted by molar-refractivity contribution is 7.17. The van der Waals surface area contributed by atoms with E-state index in [0.29, 0.717) is 0 Å². The van der Waals surface area contributed by atoms with E-state index in [4.69, 9.17) is 4.98 Å². The van der Waals surface area contributed by atoms with E-state index in [2.05, 4.69) is 32.8 Å². The number of aromatic nitrogens is 2. The lowest BCUT2D eigenvalue weighted by Gasteiger charge is -2.27. The fourth-order valence-corrected chi connectivity index (χ4v) is 3.18. The topological polar surface area (TPSA) is 53.1 Å². The molecule has 104 valence electrons. The Morgan fingerprint density at radius 1 is 1.32 bits per heavy atom. The van der Waals surface area contributed by atoms with Crippen molar-refractivity contribution in [3.8, 4) is 0 Å². The quantitative estimate of drug-likeness (QED) is 0.887. The molecule has 0 aromatic carbocycles. The van der Waals surface area contributed by atoms with Gasteiger partial charge in [0.1, 0.15) is 10.6 Å². The van der Waals surface area contributed by atoms with Crippen molar-refractivity contribution >= 4 is 45.7 Å². The first-order chi connectivity index (χ1) is 8.79. The fraction of sp³-hybridized carbons (Fsp3) is 0.500. The number of aryl methyl sites for hydroxylation is 1. The number of rotatable bonds is 2. The first-order valence-corrected chi connectivity index (χ1v) is 7.07. The summed E-state index contributed by atoms with van der Waals surface area (Å²) in [6.07, 6.45) is 0. The number of halogens is 1. The third-order valence-electron chi connectivity index (χ3n) is 3.24. The van der Waals surface area contributed by atoms with Gasteiger partial charge in [-0.2, -0.15) is 4.98 Å². The van der Waals surface area contributed by atoms with E-state index in [0.717, 1.165) is 48.2 Å². The number of fused-ring (bicyclic) bond motifs is 1. The summed E-state index contributed by atoms with van der Waals surface area (Å²) in [5.41, 5.74) is 1.24. The van der Waals surface area contributed by atoms with Gasteiger partial charge in [-0.25, -0.2) is 4.98 Å². The molecular weight excluding hydrogens is 282 g/mol. The molecule has 0 unspecified atom stereocenters. The molecule has 1 saturated heterocycles. The Kier molecular flexibility index (Phi) is 4.44. The van der Waals surface area contributed by atoms with Crippen molar-refractivity contribution in [1.29, 1.82) is 0 Å². The number of piperazine rings is 1. The summed E-state index contributed by atoms with van der Waals surface area (Å²) in [6.45, 7) is 6.05. The fourth-order valence-electron chi connectivity index (χ4n) is 2.26. The lowest BCUT2D eigenvalue weighted by Crippen LogP contribution is -2.44. The summed E-state index contributed by atoms with van der Waals surface area (Å²) >= 11 is 1.69. The third-order valence-corrected chi connectivity index (χ3v) is 4.23. The van der Waals surface area contributed by atoms with Crippen LogP contribution in [0.15, 0.2) is 5.38 Å². The normalized spacial score (nSPS) is 15.4. The zero-order valence-corrected chi connectivity index (χ0v) is 12.7. The molecule has 0 bridgehead atoms. The van der Waals surface area contributed by atoms with Crippen LogP contribution in [-0.2, 0) is 0 Å². The van der Waals surface area contributed by atoms with Gasteiger partial charge in [0.2, 0.25) is 5.95 Å². The zero-order valence-electron chi connectivity index (χ0n) is 11.1. The predicted octanol–water partition coefficient (Wildman–Crippen LogP) is 1.87. The van der Waals surface area contributed by atoms with Crippen LogP contribution in [0.3, 0.4) is 0 Å². The van der Waals surface area contributed by atoms with Crippen LogP contribution in [0.25, 0.3) is 10.2 Å². The SMILES string of the molecule is CNc1nc(N2CCNCC2)nc2scc(C)c12.Cl. The van der Waals surface area contributed by atoms with Gasteiger partial charge in [-0.05, 0) is 17.9 Å². The van der Waals surface area contributed by atoms with Gasteiger partial charge < -0.3 is 15.5 Å². The van der Waals surface area contributed by atoms with Crippen molar-refractivity contribution in [2.24, 2.45) is 0 Å². The number of hydrogen-bond acceptors (Lipinski definition) is 6. The molecule has 3 rings (SSSR count). The Labute approximate surface area is 122 Å². The van der Waals surface area contributed by atoms with Crippen LogP contribution in [0, 0.1) is 6.92 Å². The Morgan fingerprint density at radius 2 is 2.05 bits per heavy atom. The smallest absolute Gasteiger partial charge is 0.228 e. The molecule has 19 heavy (non-hydrogen) atoms. The standard InChI is InChI=1S/C12H17N5S.ClH/c1-8-7-18-11-9(8)10(13-2)15-12(16-11)17-5-3-14-4-6-17;/h7,14H,3-6H2,1-2H3,(H,13,15,16);1H. The molecule has 2 N–H and O–H groups in total. The summed E-state index contributed by atoms with van der Waals surface area (Å²) in [5, 5.41) is 9.83. The van der Waals surface area contributed by atoms with Crippen molar-refractivity contribution in [2.45, 2.75) is 6.92 Å². The van der Waals surface area contributed by atoms with Gasteiger partial charge in [-0.1, -0.05) is 0 Å². The summed E-state index contributed by atoms with van der Waals surface area (Å²) in [7, 11) is 1.92. The molecule has 5 nitrogen and oxygen atoms in total. The molecule has 1 aliphatic heterocycles. The van der Waals surface area contributed by atoms with Crippen molar-refractivity contribution < 1.29 is 0 Å². The van der Waals surface area contributed by atoms with E-state index in [9.17, 15) is 0 Å². The first kappa shape index (κ1) is 14.3. The highest BCUT2D eigenvalue weighted by atomic mass is 35.5. The number of hydrogen-bond donors (Lipinski definition) is 2. The lowest BCUT2D eigenvalue weighted by molar-refractivity contribution is 0.581. The molecule has 0 atom stereocenters. The maximum absolute atomic E-state index is 4.69. The van der Waals surface area contributed by atoms with E-state index in [1.165, 1.54) is 5.56 Å². The third kappa shape index (κ3) is 2.61. The van der Waals surface area contributed by atoms with Crippen LogP contribution in [-0.4, -0.2) is 43.2 Å². The van der Waals surface area contributed by atoms with Crippen LogP contribution in [0.4, 0.5) is 11.8 Å². The molecule has 0 saturated carbocycles. The maximum atomic E-state index is 4.69. The molecular formula is C12H18ClN5S. The van der Waals surface area contributed by atoms with Crippen molar-refractivity contribution in [3.05, 3.63) is 10.9 Å². The van der Waals surface area contributed by atoms with Crippen molar-refractivity contribution in [3.63, 3.8) is 0 Å². The second kappa shape index (κ2) is 5.90. The molecule has 1 fully saturated rings. The van der Waals surface area contributed by atoms with Gasteiger partial charge in [-0.3, -0.25) is 0 Å². The van der Waals surface area contributed by atoms with Crippen LogP contribution >= 0.6 is 23.7 Å². The maximum Gasteiger partial charge on any atom is 0.228 e. The van der Waals surface area contributed by atoms with Crippen LogP contribution < -0.4 is 15.5 Å². The summed E-state index contributed by atoms with van der Waals surface area (Å²) < 4.78 is 0. The summed E-state index contributed by atoms with van der Waals surface area (Å²) in [5.74, 6) is 1.78. The Hall–Kier alpha value is -1.11. The molecule has 3 heterocycles. The van der Waals surface area contributed by atoms with Crippen molar-refractivity contribution in [1.82, 2.24) is 15.3 Å². The largest absolute Gasteiger partial charge is 0.372 e. The second-order valence-electron chi connectivity index (χ2n) is 4.46. The van der Waals surface area contributed by atoms with Gasteiger partial charge in [0.25, 0.3) is 0 Å². The molecule has 7 heteroatoms. The molecule has 0 aliphatic carbocycles. The van der Waals surface area contributed by atoms with Crippen LogP contribution in [0.2, 0.25) is 0 Å². The molecule has 0 amide bonds. The molecule has 2 aromatic rings. The van der Waals surface area contributed by atoms with Gasteiger partial charge in [0.15, 0.2) is 0 Å². The average Bonchev–Trinajstić information content (AvgIpc) is 2.81. The van der Waals surface area contributed by atoms with Gasteiger partial charge in [0, 0.05) is 33.2 Å². The first-order valence-electron chi connectivity index (χ1n) is 6.19. The van der Waals surface area contributed by atoms with E-state index in [1.807, 2.05) is 7.05 Å². The highest BCUT2D eigenvalue weighted by Crippen LogP contribution is 2.30. The average molecular weight is 300 g/mol. The minimum Gasteiger partial charge on any atom is -0.372 e. The summed E-state index contributed by atoms with van der Waals surface area (Å²) in [4.78, 5) is 12.7. The van der Waals surface area contributed by atoms with E-state index in [-0.39, 0.29) is 12.4 Å². The minimum absolute atomic E-state index is 0. The Balaban J connectivity index is 0.00000133. The highest BCUT2D eigenvalue weighted by Gasteiger charge is 2.17.